The molecule has 1 N–H and O–H groups in total. The Balaban J connectivity index is 1.95. The predicted octanol–water partition coefficient (Wildman–Crippen LogP) is 3.43. The van der Waals surface area contributed by atoms with Gasteiger partial charge in [-0.15, -0.1) is 0 Å². The van der Waals surface area contributed by atoms with E-state index in [1.54, 1.807) is 7.11 Å². The van der Waals surface area contributed by atoms with Crippen molar-refractivity contribution in [3.8, 4) is 5.75 Å². The van der Waals surface area contributed by atoms with Crippen LogP contribution in [-0.2, 0) is 11.8 Å². The third kappa shape index (κ3) is 2.41. The van der Waals surface area contributed by atoms with E-state index in [0.717, 1.165) is 30.3 Å². The highest BCUT2D eigenvalue weighted by atomic mass is 35.5. The average molecular weight is 288 g/mol. The maximum Gasteiger partial charge on any atom is 0.122 e. The van der Waals surface area contributed by atoms with Crippen molar-refractivity contribution in [3.63, 3.8) is 0 Å². The topological polar surface area (TPSA) is 21.3 Å². The van der Waals surface area contributed by atoms with Crippen LogP contribution < -0.4 is 10.1 Å². The number of hydrogen-bond acceptors (Lipinski definition) is 2. The maximum atomic E-state index is 6.14. The minimum absolute atomic E-state index is 0.152. The monoisotopic (exact) mass is 287 g/mol. The third-order valence-electron chi connectivity index (χ3n) is 4.08. The van der Waals surface area contributed by atoms with Gasteiger partial charge in [-0.25, -0.2) is 0 Å². The quantitative estimate of drug-likeness (QED) is 0.930. The van der Waals surface area contributed by atoms with Crippen LogP contribution in [0.15, 0.2) is 48.5 Å². The molecule has 0 amide bonds. The lowest BCUT2D eigenvalue weighted by atomic mass is 9.71. The third-order valence-corrected chi connectivity index (χ3v) is 4.32. The van der Waals surface area contributed by atoms with Gasteiger partial charge >= 0.3 is 0 Å². The molecule has 0 aliphatic carbocycles. The number of halogens is 1. The van der Waals surface area contributed by atoms with Crippen LogP contribution in [0.5, 0.6) is 5.75 Å². The van der Waals surface area contributed by atoms with E-state index in [1.165, 1.54) is 11.1 Å². The number of ether oxygens (including phenoxy) is 1. The number of nitrogens with one attached hydrogen (secondary N) is 1. The Hall–Kier alpha value is -1.51. The van der Waals surface area contributed by atoms with E-state index in [-0.39, 0.29) is 5.41 Å². The van der Waals surface area contributed by atoms with Gasteiger partial charge in [0.15, 0.2) is 0 Å². The molecule has 0 aromatic heterocycles. The molecular weight excluding hydrogens is 270 g/mol. The first-order valence-corrected chi connectivity index (χ1v) is 7.20. The molecule has 20 heavy (non-hydrogen) atoms. The Bertz CT molecular complexity index is 593. The molecule has 0 radical (unpaired) electrons. The zero-order valence-corrected chi connectivity index (χ0v) is 12.3. The lowest BCUT2D eigenvalue weighted by molar-refractivity contribution is 0.271. The van der Waals surface area contributed by atoms with E-state index in [1.807, 2.05) is 18.2 Å². The van der Waals surface area contributed by atoms with Gasteiger partial charge in [0.1, 0.15) is 5.75 Å². The summed E-state index contributed by atoms with van der Waals surface area (Å²) in [5.74, 6) is 0.914. The molecule has 0 spiro atoms. The smallest absolute Gasteiger partial charge is 0.122 e. The van der Waals surface area contributed by atoms with Gasteiger partial charge < -0.3 is 10.1 Å². The summed E-state index contributed by atoms with van der Waals surface area (Å²) in [6.07, 6.45) is 0.938. The fourth-order valence-electron chi connectivity index (χ4n) is 2.90. The lowest BCUT2D eigenvalue weighted by Gasteiger charge is -2.43. The number of rotatable bonds is 4. The van der Waals surface area contributed by atoms with Crippen LogP contribution in [0.4, 0.5) is 0 Å². The second-order valence-electron chi connectivity index (χ2n) is 5.38. The van der Waals surface area contributed by atoms with Crippen molar-refractivity contribution in [2.24, 2.45) is 0 Å². The summed E-state index contributed by atoms with van der Waals surface area (Å²) in [5.41, 5.74) is 2.70. The van der Waals surface area contributed by atoms with Gasteiger partial charge in [-0.05, 0) is 35.7 Å². The Morgan fingerprint density at radius 2 is 1.90 bits per heavy atom. The number of benzene rings is 2. The van der Waals surface area contributed by atoms with E-state index in [2.05, 4.69) is 35.6 Å². The molecule has 1 saturated heterocycles. The van der Waals surface area contributed by atoms with Crippen molar-refractivity contribution < 1.29 is 4.74 Å². The largest absolute Gasteiger partial charge is 0.496 e. The van der Waals surface area contributed by atoms with Gasteiger partial charge in [0.05, 0.1) is 7.11 Å². The van der Waals surface area contributed by atoms with Crippen LogP contribution in [0, 0.1) is 0 Å². The molecule has 0 bridgehead atoms. The summed E-state index contributed by atoms with van der Waals surface area (Å²) >= 11 is 6.14. The molecule has 0 atom stereocenters. The van der Waals surface area contributed by atoms with Gasteiger partial charge in [-0.1, -0.05) is 41.9 Å². The van der Waals surface area contributed by atoms with Crippen molar-refractivity contribution in [3.05, 3.63) is 64.7 Å². The fourth-order valence-corrected chi connectivity index (χ4v) is 3.09. The maximum absolute atomic E-state index is 6.14. The summed E-state index contributed by atoms with van der Waals surface area (Å²) in [6.45, 7) is 1.99. The summed E-state index contributed by atoms with van der Waals surface area (Å²) < 4.78 is 5.47. The molecule has 0 saturated carbocycles. The summed E-state index contributed by atoms with van der Waals surface area (Å²) in [6, 6.07) is 16.5. The summed E-state index contributed by atoms with van der Waals surface area (Å²) in [5, 5.41) is 4.16. The normalized spacial score (nSPS) is 16.5. The first-order chi connectivity index (χ1) is 9.73. The van der Waals surface area contributed by atoms with Crippen LogP contribution in [-0.4, -0.2) is 20.2 Å². The Morgan fingerprint density at radius 1 is 1.15 bits per heavy atom. The second-order valence-corrected chi connectivity index (χ2v) is 5.82. The number of hydrogen-bond donors (Lipinski definition) is 1. The molecule has 0 unspecified atom stereocenters. The van der Waals surface area contributed by atoms with Crippen molar-refractivity contribution in [1.29, 1.82) is 0 Å². The highest BCUT2D eigenvalue weighted by molar-refractivity contribution is 6.30. The van der Waals surface area contributed by atoms with Gasteiger partial charge in [0.25, 0.3) is 0 Å². The minimum Gasteiger partial charge on any atom is -0.496 e. The zero-order chi connectivity index (χ0) is 14.0. The molecule has 2 nitrogen and oxygen atoms in total. The molecular formula is C17H18ClNO. The van der Waals surface area contributed by atoms with Crippen molar-refractivity contribution in [2.75, 3.05) is 20.2 Å². The molecule has 1 fully saturated rings. The summed E-state index contributed by atoms with van der Waals surface area (Å²) in [4.78, 5) is 0. The van der Waals surface area contributed by atoms with E-state index in [4.69, 9.17) is 16.3 Å². The Kier molecular flexibility index (Phi) is 3.68. The zero-order valence-electron chi connectivity index (χ0n) is 11.5. The number of methoxy groups -OCH3 is 1. The first-order valence-electron chi connectivity index (χ1n) is 6.82. The Morgan fingerprint density at radius 3 is 2.50 bits per heavy atom. The van der Waals surface area contributed by atoms with Gasteiger partial charge in [0, 0.05) is 23.5 Å². The molecule has 2 aromatic rings. The van der Waals surface area contributed by atoms with E-state index >= 15 is 0 Å². The average Bonchev–Trinajstić information content (AvgIpc) is 2.44. The first kappa shape index (κ1) is 13.5. The van der Waals surface area contributed by atoms with Crippen molar-refractivity contribution in [2.45, 2.75) is 11.8 Å². The molecule has 1 aliphatic heterocycles. The molecule has 3 heteroatoms. The standard InChI is InChI=1S/C17H18ClNO/c1-20-16-8-7-15(18)9-13(16)10-17(11-19-12-17)14-5-3-2-4-6-14/h2-9,19H,10-12H2,1H3. The van der Waals surface area contributed by atoms with Crippen LogP contribution in [0.3, 0.4) is 0 Å². The van der Waals surface area contributed by atoms with Gasteiger partial charge in [0.2, 0.25) is 0 Å². The van der Waals surface area contributed by atoms with Crippen LogP contribution in [0.25, 0.3) is 0 Å². The van der Waals surface area contributed by atoms with Crippen LogP contribution >= 0.6 is 11.6 Å². The highest BCUT2D eigenvalue weighted by Gasteiger charge is 2.39. The molecule has 104 valence electrons. The highest BCUT2D eigenvalue weighted by Crippen LogP contribution is 2.36. The Labute approximate surface area is 124 Å². The fraction of sp³-hybridized carbons (Fsp3) is 0.294. The molecule has 2 aromatic carbocycles. The molecule has 3 rings (SSSR count). The van der Waals surface area contributed by atoms with Gasteiger partial charge in [-0.2, -0.15) is 0 Å². The molecule has 1 heterocycles. The van der Waals surface area contributed by atoms with Gasteiger partial charge in [-0.3, -0.25) is 0 Å². The SMILES string of the molecule is COc1ccc(Cl)cc1CC1(c2ccccc2)CNC1. The van der Waals surface area contributed by atoms with Crippen LogP contribution in [0.2, 0.25) is 5.02 Å². The predicted molar refractivity (Wildman–Crippen MR) is 82.7 cm³/mol. The van der Waals surface area contributed by atoms with Crippen LogP contribution in [0.1, 0.15) is 11.1 Å². The lowest BCUT2D eigenvalue weighted by Crippen LogP contribution is -2.58. The second kappa shape index (κ2) is 5.47. The van der Waals surface area contributed by atoms with Crippen molar-refractivity contribution in [1.82, 2.24) is 5.32 Å². The van der Waals surface area contributed by atoms with Crippen molar-refractivity contribution >= 4 is 11.6 Å². The minimum atomic E-state index is 0.152. The van der Waals surface area contributed by atoms with E-state index in [9.17, 15) is 0 Å². The van der Waals surface area contributed by atoms with E-state index in [0.29, 0.717) is 0 Å². The summed E-state index contributed by atoms with van der Waals surface area (Å²) in [7, 11) is 1.71. The van der Waals surface area contributed by atoms with E-state index < -0.39 is 0 Å². The molecule has 1 aliphatic rings.